The van der Waals surface area contributed by atoms with Crippen LogP contribution in [0.15, 0.2) is 24.5 Å². The van der Waals surface area contributed by atoms with E-state index in [9.17, 15) is 8.78 Å². The smallest absolute Gasteiger partial charge is 0.200 e. The second-order valence-electron chi connectivity index (χ2n) is 4.65. The van der Waals surface area contributed by atoms with Gasteiger partial charge >= 0.3 is 0 Å². The maximum Gasteiger partial charge on any atom is 0.200 e. The van der Waals surface area contributed by atoms with Crippen LogP contribution in [-0.2, 0) is 6.54 Å². The molecule has 0 aliphatic heterocycles. The van der Waals surface area contributed by atoms with Gasteiger partial charge in [-0.25, -0.2) is 4.39 Å². The Hall–Kier alpha value is -1.91. The predicted octanol–water partition coefficient (Wildman–Crippen LogP) is 2.94. The molecule has 1 N–H and O–H groups in total. The van der Waals surface area contributed by atoms with Crippen LogP contribution in [0.3, 0.4) is 0 Å². The molecule has 3 nitrogen and oxygen atoms in total. The molecule has 2 aromatic rings. The SMILES string of the molecule is Oc1ccc(-c2cnn(CC3CC3)c2)c(F)c1F. The molecule has 3 rings (SSSR count). The molecule has 0 spiro atoms. The van der Waals surface area contributed by atoms with Crippen molar-refractivity contribution in [3.8, 4) is 16.9 Å². The summed E-state index contributed by atoms with van der Waals surface area (Å²) < 4.78 is 28.7. The van der Waals surface area contributed by atoms with Crippen LogP contribution < -0.4 is 0 Å². The fourth-order valence-corrected chi connectivity index (χ4v) is 1.93. The summed E-state index contributed by atoms with van der Waals surface area (Å²) in [5.41, 5.74) is 0.638. The van der Waals surface area contributed by atoms with Crippen LogP contribution in [0.5, 0.6) is 5.75 Å². The van der Waals surface area contributed by atoms with Crippen LogP contribution in [0.4, 0.5) is 8.78 Å². The summed E-state index contributed by atoms with van der Waals surface area (Å²) >= 11 is 0. The first-order valence-electron chi connectivity index (χ1n) is 5.85. The van der Waals surface area contributed by atoms with Crippen LogP contribution >= 0.6 is 0 Å². The molecule has 0 bridgehead atoms. The highest BCUT2D eigenvalue weighted by atomic mass is 19.2. The molecule has 18 heavy (non-hydrogen) atoms. The number of rotatable bonds is 3. The lowest BCUT2D eigenvalue weighted by Gasteiger charge is -2.02. The number of nitrogens with zero attached hydrogens (tertiary/aromatic N) is 2. The Labute approximate surface area is 103 Å². The van der Waals surface area contributed by atoms with Crippen LogP contribution in [0.1, 0.15) is 12.8 Å². The van der Waals surface area contributed by atoms with E-state index in [2.05, 4.69) is 5.10 Å². The van der Waals surface area contributed by atoms with Gasteiger partial charge in [0.25, 0.3) is 0 Å². The number of hydrogen-bond donors (Lipinski definition) is 1. The zero-order valence-corrected chi connectivity index (χ0v) is 9.61. The molecule has 1 aromatic carbocycles. The van der Waals surface area contributed by atoms with E-state index in [1.807, 2.05) is 0 Å². The van der Waals surface area contributed by atoms with Gasteiger partial charge in [-0.1, -0.05) is 0 Å². The van der Waals surface area contributed by atoms with Gasteiger partial charge in [-0.15, -0.1) is 0 Å². The molecule has 1 saturated carbocycles. The number of halogens is 2. The van der Waals surface area contributed by atoms with Gasteiger partial charge < -0.3 is 5.11 Å². The molecular formula is C13H12F2N2O. The van der Waals surface area contributed by atoms with E-state index in [0.29, 0.717) is 11.5 Å². The van der Waals surface area contributed by atoms with Crippen LogP contribution in [0.25, 0.3) is 11.1 Å². The fourth-order valence-electron chi connectivity index (χ4n) is 1.93. The van der Waals surface area contributed by atoms with Crippen LogP contribution in [-0.4, -0.2) is 14.9 Å². The number of aromatic nitrogens is 2. The summed E-state index contributed by atoms with van der Waals surface area (Å²) in [6.45, 7) is 0.822. The third kappa shape index (κ3) is 1.96. The minimum Gasteiger partial charge on any atom is -0.505 e. The number of aromatic hydroxyl groups is 1. The Morgan fingerprint density at radius 2 is 2.06 bits per heavy atom. The molecule has 0 unspecified atom stereocenters. The third-order valence-electron chi connectivity index (χ3n) is 3.15. The lowest BCUT2D eigenvalue weighted by atomic mass is 10.1. The number of benzene rings is 1. The quantitative estimate of drug-likeness (QED) is 0.909. The standard InChI is InChI=1S/C13H12F2N2O/c14-12-10(3-4-11(18)13(12)15)9-5-16-17(7-9)6-8-1-2-8/h3-5,7-8,18H,1-2,6H2. The van der Waals surface area contributed by atoms with E-state index in [4.69, 9.17) is 5.11 Å². The lowest BCUT2D eigenvalue weighted by molar-refractivity contribution is 0.408. The van der Waals surface area contributed by atoms with Crippen molar-refractivity contribution < 1.29 is 13.9 Å². The normalized spacial score (nSPS) is 15.0. The summed E-state index contributed by atoms with van der Waals surface area (Å²) in [7, 11) is 0. The van der Waals surface area contributed by atoms with Gasteiger partial charge in [0.15, 0.2) is 11.6 Å². The second kappa shape index (κ2) is 4.08. The van der Waals surface area contributed by atoms with Gasteiger partial charge in [-0.2, -0.15) is 9.49 Å². The van der Waals surface area contributed by atoms with E-state index in [-0.39, 0.29) is 5.56 Å². The van der Waals surface area contributed by atoms with Crippen molar-refractivity contribution in [3.63, 3.8) is 0 Å². The summed E-state index contributed by atoms with van der Waals surface area (Å²) in [6, 6.07) is 2.50. The molecule has 5 heteroatoms. The van der Waals surface area contributed by atoms with Crippen LogP contribution in [0.2, 0.25) is 0 Å². The number of phenolic OH excluding ortho intramolecular Hbond substituents is 1. The Morgan fingerprint density at radius 3 is 2.78 bits per heavy atom. The molecule has 1 fully saturated rings. The van der Waals surface area contributed by atoms with Crippen molar-refractivity contribution in [1.82, 2.24) is 9.78 Å². The maximum absolute atomic E-state index is 13.7. The van der Waals surface area contributed by atoms with Crippen molar-refractivity contribution in [2.45, 2.75) is 19.4 Å². The van der Waals surface area contributed by atoms with Gasteiger partial charge in [0.05, 0.1) is 6.20 Å². The summed E-state index contributed by atoms with van der Waals surface area (Å²) in [4.78, 5) is 0. The van der Waals surface area contributed by atoms with Crippen molar-refractivity contribution in [2.75, 3.05) is 0 Å². The molecule has 1 heterocycles. The molecule has 0 atom stereocenters. The molecule has 1 aromatic heterocycles. The first kappa shape index (κ1) is 11.2. The second-order valence-corrected chi connectivity index (χ2v) is 4.65. The Kier molecular flexibility index (Phi) is 2.54. The van der Waals surface area contributed by atoms with Gasteiger partial charge in [0.2, 0.25) is 5.82 Å². The van der Waals surface area contributed by atoms with E-state index < -0.39 is 17.4 Å². The van der Waals surface area contributed by atoms with E-state index in [1.165, 1.54) is 25.1 Å². The molecular weight excluding hydrogens is 238 g/mol. The zero-order chi connectivity index (χ0) is 12.7. The molecule has 0 saturated heterocycles. The molecule has 1 aliphatic rings. The largest absolute Gasteiger partial charge is 0.505 e. The third-order valence-corrected chi connectivity index (χ3v) is 3.15. The summed E-state index contributed by atoms with van der Waals surface area (Å²) in [5, 5.41) is 13.2. The first-order chi connectivity index (χ1) is 8.65. The van der Waals surface area contributed by atoms with Crippen molar-refractivity contribution in [3.05, 3.63) is 36.2 Å². The average molecular weight is 250 g/mol. The lowest BCUT2D eigenvalue weighted by Crippen LogP contribution is -1.99. The molecule has 1 aliphatic carbocycles. The number of hydrogen-bond acceptors (Lipinski definition) is 2. The topological polar surface area (TPSA) is 38.1 Å². The van der Waals surface area contributed by atoms with Gasteiger partial charge in [-0.3, -0.25) is 4.68 Å². The minimum absolute atomic E-state index is 0.118. The van der Waals surface area contributed by atoms with Crippen LogP contribution in [0, 0.1) is 17.6 Å². The van der Waals surface area contributed by atoms with E-state index >= 15 is 0 Å². The first-order valence-corrected chi connectivity index (χ1v) is 5.85. The molecule has 0 radical (unpaired) electrons. The Balaban J connectivity index is 1.93. The van der Waals surface area contributed by atoms with Gasteiger partial charge in [0, 0.05) is 23.9 Å². The number of phenols is 1. The predicted molar refractivity (Wildman–Crippen MR) is 62.0 cm³/mol. The highest BCUT2D eigenvalue weighted by Gasteiger charge is 2.22. The van der Waals surface area contributed by atoms with Crippen molar-refractivity contribution >= 4 is 0 Å². The minimum atomic E-state index is -1.22. The Morgan fingerprint density at radius 1 is 1.28 bits per heavy atom. The highest BCUT2D eigenvalue weighted by molar-refractivity contribution is 5.63. The average Bonchev–Trinajstić information content (AvgIpc) is 3.04. The van der Waals surface area contributed by atoms with Crippen molar-refractivity contribution in [1.29, 1.82) is 0 Å². The van der Waals surface area contributed by atoms with Gasteiger partial charge in [0.1, 0.15) is 0 Å². The van der Waals surface area contributed by atoms with Gasteiger partial charge in [-0.05, 0) is 30.9 Å². The highest BCUT2D eigenvalue weighted by Crippen LogP contribution is 2.32. The van der Waals surface area contributed by atoms with E-state index in [1.54, 1.807) is 10.9 Å². The Bertz CT molecular complexity index is 591. The fraction of sp³-hybridized carbons (Fsp3) is 0.308. The van der Waals surface area contributed by atoms with E-state index in [0.717, 1.165) is 12.6 Å². The zero-order valence-electron chi connectivity index (χ0n) is 9.61. The molecule has 0 amide bonds. The summed E-state index contributed by atoms with van der Waals surface area (Å²) in [6.07, 6.45) is 5.62. The van der Waals surface area contributed by atoms with Crippen molar-refractivity contribution in [2.24, 2.45) is 5.92 Å². The summed E-state index contributed by atoms with van der Waals surface area (Å²) in [5.74, 6) is -2.27. The molecule has 94 valence electrons. The monoisotopic (exact) mass is 250 g/mol. The maximum atomic E-state index is 13.7.